The van der Waals surface area contributed by atoms with Gasteiger partial charge in [0.15, 0.2) is 0 Å². The van der Waals surface area contributed by atoms with Gasteiger partial charge in [0.2, 0.25) is 0 Å². The van der Waals surface area contributed by atoms with E-state index in [0.717, 1.165) is 37.1 Å². The van der Waals surface area contributed by atoms with Crippen LogP contribution in [0.2, 0.25) is 0 Å². The SMILES string of the molecule is CCc1cc(Cc2ccc(CCCCCCCCCCCCCCCCCCCCc3ccc(Cc4ccc(N)c(CC)c4)cc3)cc2)ccc1N. The van der Waals surface area contributed by atoms with Gasteiger partial charge in [-0.15, -0.1) is 0 Å². The minimum atomic E-state index is 0.915. The summed E-state index contributed by atoms with van der Waals surface area (Å²) in [7, 11) is 0. The molecule has 0 atom stereocenters. The maximum absolute atomic E-state index is 6.08. The quantitative estimate of drug-likeness (QED) is 0.0480. The van der Waals surface area contributed by atoms with Gasteiger partial charge in [0.25, 0.3) is 0 Å². The Morgan fingerprint density at radius 3 is 0.846 bits per heavy atom. The Bertz CT molecular complexity index is 1400. The topological polar surface area (TPSA) is 52.0 Å². The van der Waals surface area contributed by atoms with Gasteiger partial charge in [0, 0.05) is 11.4 Å². The van der Waals surface area contributed by atoms with Crippen LogP contribution in [0.1, 0.15) is 174 Å². The highest BCUT2D eigenvalue weighted by Crippen LogP contribution is 2.21. The maximum Gasteiger partial charge on any atom is 0.0346 e. The second kappa shape index (κ2) is 24.7. The van der Waals surface area contributed by atoms with Crippen molar-refractivity contribution < 1.29 is 0 Å². The van der Waals surface area contributed by atoms with Gasteiger partial charge >= 0.3 is 0 Å². The Morgan fingerprint density at radius 1 is 0.308 bits per heavy atom. The van der Waals surface area contributed by atoms with Gasteiger partial charge in [-0.05, 0) is 108 Å². The molecule has 0 amide bonds. The van der Waals surface area contributed by atoms with E-state index < -0.39 is 0 Å². The fourth-order valence-electron chi connectivity index (χ4n) is 7.76. The molecule has 0 radical (unpaired) electrons. The molecule has 0 aliphatic heterocycles. The van der Waals surface area contributed by atoms with Crippen LogP contribution >= 0.6 is 0 Å². The zero-order chi connectivity index (χ0) is 36.6. The average Bonchev–Trinajstić information content (AvgIpc) is 3.16. The van der Waals surface area contributed by atoms with Crippen LogP contribution < -0.4 is 11.5 Å². The molecule has 0 aromatic heterocycles. The summed E-state index contributed by atoms with van der Waals surface area (Å²) in [5.41, 5.74) is 25.0. The molecule has 4 rings (SSSR count). The zero-order valence-corrected chi connectivity index (χ0v) is 33.2. The molecule has 4 N–H and O–H groups in total. The van der Waals surface area contributed by atoms with E-state index in [2.05, 4.69) is 98.8 Å². The number of nitrogen functional groups attached to an aromatic ring is 2. The first-order valence-electron chi connectivity index (χ1n) is 21.4. The predicted octanol–water partition coefficient (Wildman–Crippen LogP) is 14.0. The molecule has 0 saturated heterocycles. The summed E-state index contributed by atoms with van der Waals surface area (Å²) in [6.45, 7) is 4.34. The van der Waals surface area contributed by atoms with E-state index >= 15 is 0 Å². The van der Waals surface area contributed by atoms with Crippen LogP contribution in [0.15, 0.2) is 84.9 Å². The monoisotopic (exact) mass is 701 g/mol. The Balaban J connectivity index is 0.876. The van der Waals surface area contributed by atoms with E-state index in [-0.39, 0.29) is 0 Å². The lowest BCUT2D eigenvalue weighted by molar-refractivity contribution is 0.524. The minimum Gasteiger partial charge on any atom is -0.399 e. The first-order chi connectivity index (χ1) is 25.5. The summed E-state index contributed by atoms with van der Waals surface area (Å²) in [6.07, 6.45) is 31.8. The van der Waals surface area contributed by atoms with Crippen LogP contribution in [0.4, 0.5) is 11.4 Å². The second-order valence-corrected chi connectivity index (χ2v) is 15.6. The highest BCUT2D eigenvalue weighted by Gasteiger charge is 2.04. The molecule has 4 aromatic rings. The first-order valence-corrected chi connectivity index (χ1v) is 21.4. The standard InChI is InChI=1S/C50H72N2/c1-3-47-39-45(33-35-49(47)51)37-43-29-25-41(26-30-43)23-21-19-17-15-13-11-9-7-5-6-8-10-12-14-16-18-20-22-24-42-27-31-44(32-28-42)38-46-34-36-50(52)48(4-2)40-46/h25-36,39-40H,3-24,37-38,51-52H2,1-2H3. The van der Waals surface area contributed by atoms with Crippen molar-refractivity contribution in [1.29, 1.82) is 0 Å². The summed E-state index contributed by atoms with van der Waals surface area (Å²) >= 11 is 0. The van der Waals surface area contributed by atoms with Crippen LogP contribution in [0, 0.1) is 0 Å². The Labute approximate surface area is 319 Å². The Hall–Kier alpha value is -3.52. The molecule has 2 heteroatoms. The number of hydrogen-bond acceptors (Lipinski definition) is 2. The third-order valence-electron chi connectivity index (χ3n) is 11.2. The average molecular weight is 701 g/mol. The number of unbranched alkanes of at least 4 members (excludes halogenated alkanes) is 17. The zero-order valence-electron chi connectivity index (χ0n) is 33.2. The summed E-state index contributed by atoms with van der Waals surface area (Å²) in [6, 6.07) is 31.6. The smallest absolute Gasteiger partial charge is 0.0346 e. The fraction of sp³-hybridized carbons (Fsp3) is 0.520. The van der Waals surface area contributed by atoms with Crippen LogP contribution in [-0.4, -0.2) is 0 Å². The van der Waals surface area contributed by atoms with Crippen molar-refractivity contribution in [2.24, 2.45) is 0 Å². The van der Waals surface area contributed by atoms with Gasteiger partial charge in [-0.3, -0.25) is 0 Å². The van der Waals surface area contributed by atoms with E-state index in [0.29, 0.717) is 0 Å². The minimum absolute atomic E-state index is 0.915. The summed E-state index contributed by atoms with van der Waals surface area (Å²) in [5.74, 6) is 0. The molecule has 0 saturated carbocycles. The maximum atomic E-state index is 6.08. The van der Waals surface area contributed by atoms with Crippen molar-refractivity contribution in [3.63, 3.8) is 0 Å². The summed E-state index contributed by atoms with van der Waals surface area (Å²) in [4.78, 5) is 0. The largest absolute Gasteiger partial charge is 0.399 e. The molecule has 0 spiro atoms. The molecule has 0 unspecified atom stereocenters. The Kier molecular flexibility index (Phi) is 19.6. The van der Waals surface area contributed by atoms with Crippen molar-refractivity contribution in [3.05, 3.63) is 129 Å². The number of nitrogens with two attached hydrogens (primary N) is 2. The van der Waals surface area contributed by atoms with Crippen molar-refractivity contribution in [2.45, 2.75) is 168 Å². The number of aryl methyl sites for hydroxylation is 4. The molecule has 0 fully saturated rings. The van der Waals surface area contributed by atoms with Crippen molar-refractivity contribution in [3.8, 4) is 0 Å². The summed E-state index contributed by atoms with van der Waals surface area (Å²) in [5, 5.41) is 0. The van der Waals surface area contributed by atoms with Gasteiger partial charge in [-0.25, -0.2) is 0 Å². The highest BCUT2D eigenvalue weighted by atomic mass is 14.6. The molecule has 52 heavy (non-hydrogen) atoms. The van der Waals surface area contributed by atoms with Crippen molar-refractivity contribution >= 4 is 11.4 Å². The van der Waals surface area contributed by atoms with Crippen molar-refractivity contribution in [1.82, 2.24) is 0 Å². The fourth-order valence-corrected chi connectivity index (χ4v) is 7.76. The third-order valence-corrected chi connectivity index (χ3v) is 11.2. The highest BCUT2D eigenvalue weighted by molar-refractivity contribution is 5.50. The van der Waals surface area contributed by atoms with E-state index in [1.807, 2.05) is 0 Å². The number of benzene rings is 4. The number of anilines is 2. The molecular formula is C50H72N2. The lowest BCUT2D eigenvalue weighted by atomic mass is 9.98. The van der Waals surface area contributed by atoms with Crippen LogP contribution in [0.25, 0.3) is 0 Å². The molecule has 4 aromatic carbocycles. The molecule has 282 valence electrons. The molecular weight excluding hydrogens is 629 g/mol. The molecule has 0 heterocycles. The number of hydrogen-bond donors (Lipinski definition) is 2. The van der Waals surface area contributed by atoms with Crippen LogP contribution in [-0.2, 0) is 38.5 Å². The van der Waals surface area contributed by atoms with Crippen LogP contribution in [0.5, 0.6) is 0 Å². The van der Waals surface area contributed by atoms with E-state index in [9.17, 15) is 0 Å². The normalized spacial score (nSPS) is 11.3. The lowest BCUT2D eigenvalue weighted by Gasteiger charge is -2.08. The van der Waals surface area contributed by atoms with Gasteiger partial charge in [-0.1, -0.05) is 189 Å². The predicted molar refractivity (Wildman–Crippen MR) is 229 cm³/mol. The molecule has 0 aliphatic carbocycles. The van der Waals surface area contributed by atoms with Gasteiger partial charge in [0.05, 0.1) is 0 Å². The van der Waals surface area contributed by atoms with Crippen LogP contribution in [0.3, 0.4) is 0 Å². The molecule has 2 nitrogen and oxygen atoms in total. The lowest BCUT2D eigenvalue weighted by Crippen LogP contribution is -1.96. The van der Waals surface area contributed by atoms with Crippen molar-refractivity contribution in [2.75, 3.05) is 11.5 Å². The van der Waals surface area contributed by atoms with E-state index in [1.165, 1.54) is 173 Å². The van der Waals surface area contributed by atoms with Gasteiger partial charge < -0.3 is 11.5 Å². The Morgan fingerprint density at radius 2 is 0.558 bits per heavy atom. The van der Waals surface area contributed by atoms with E-state index in [1.54, 1.807) is 0 Å². The first kappa shape index (κ1) is 41.2. The third kappa shape index (κ3) is 16.0. The summed E-state index contributed by atoms with van der Waals surface area (Å²) < 4.78 is 0. The second-order valence-electron chi connectivity index (χ2n) is 15.6. The number of rotatable bonds is 27. The molecule has 0 bridgehead atoms. The molecule has 0 aliphatic rings. The van der Waals surface area contributed by atoms with Gasteiger partial charge in [0.1, 0.15) is 0 Å². The van der Waals surface area contributed by atoms with Gasteiger partial charge in [-0.2, -0.15) is 0 Å². The van der Waals surface area contributed by atoms with E-state index in [4.69, 9.17) is 11.5 Å².